The maximum atomic E-state index is 10.2. The summed E-state index contributed by atoms with van der Waals surface area (Å²) in [6, 6.07) is 7.95. The second-order valence-electron chi connectivity index (χ2n) is 5.40. The van der Waals surface area contributed by atoms with Gasteiger partial charge in [-0.3, -0.25) is 4.99 Å². The van der Waals surface area contributed by atoms with Gasteiger partial charge >= 0.3 is 0 Å². The van der Waals surface area contributed by atoms with Gasteiger partial charge in [0.15, 0.2) is 5.96 Å². The molecule has 4 heteroatoms. The van der Waals surface area contributed by atoms with Gasteiger partial charge in [0.25, 0.3) is 0 Å². The molecule has 0 aromatic heterocycles. The Labute approximate surface area is 128 Å². The summed E-state index contributed by atoms with van der Waals surface area (Å²) >= 11 is 0. The first-order valence-electron chi connectivity index (χ1n) is 7.82. The Balaban J connectivity index is 2.65. The van der Waals surface area contributed by atoms with E-state index in [0.29, 0.717) is 6.54 Å². The SMILES string of the molecule is CCCCN(C)C(=NCC(O)c1ccc(C)cc1)NCC. The number of aliphatic hydroxyl groups is 1. The van der Waals surface area contributed by atoms with Gasteiger partial charge in [0.05, 0.1) is 12.6 Å². The lowest BCUT2D eigenvalue weighted by Gasteiger charge is -2.22. The number of aliphatic imine (C=N–C) groups is 1. The molecule has 0 saturated carbocycles. The molecule has 0 amide bonds. The van der Waals surface area contributed by atoms with E-state index in [1.54, 1.807) is 0 Å². The van der Waals surface area contributed by atoms with Crippen LogP contribution in [0.5, 0.6) is 0 Å². The van der Waals surface area contributed by atoms with Crippen LogP contribution in [0.15, 0.2) is 29.3 Å². The summed E-state index contributed by atoms with van der Waals surface area (Å²) in [6.45, 7) is 8.46. The van der Waals surface area contributed by atoms with Crippen LogP contribution in [0.2, 0.25) is 0 Å². The van der Waals surface area contributed by atoms with Crippen molar-refractivity contribution in [3.63, 3.8) is 0 Å². The summed E-state index contributed by atoms with van der Waals surface area (Å²) in [5.41, 5.74) is 2.11. The van der Waals surface area contributed by atoms with Crippen molar-refractivity contribution in [1.29, 1.82) is 0 Å². The highest BCUT2D eigenvalue weighted by molar-refractivity contribution is 5.79. The molecule has 0 bridgehead atoms. The molecule has 1 unspecified atom stereocenters. The first-order valence-corrected chi connectivity index (χ1v) is 7.82. The van der Waals surface area contributed by atoms with E-state index >= 15 is 0 Å². The van der Waals surface area contributed by atoms with Crippen LogP contribution in [0.4, 0.5) is 0 Å². The van der Waals surface area contributed by atoms with E-state index in [4.69, 9.17) is 0 Å². The molecular weight excluding hydrogens is 262 g/mol. The zero-order valence-electron chi connectivity index (χ0n) is 13.8. The Morgan fingerprint density at radius 2 is 1.95 bits per heavy atom. The summed E-state index contributed by atoms with van der Waals surface area (Å²) in [4.78, 5) is 6.67. The van der Waals surface area contributed by atoms with Crippen LogP contribution in [0.3, 0.4) is 0 Å². The van der Waals surface area contributed by atoms with Crippen LogP contribution in [0.1, 0.15) is 43.9 Å². The Hall–Kier alpha value is -1.55. The molecule has 1 aromatic carbocycles. The zero-order valence-corrected chi connectivity index (χ0v) is 13.8. The average molecular weight is 291 g/mol. The first-order chi connectivity index (χ1) is 10.1. The maximum absolute atomic E-state index is 10.2. The number of aryl methyl sites for hydroxylation is 1. The summed E-state index contributed by atoms with van der Waals surface area (Å²) < 4.78 is 0. The molecule has 0 fully saturated rings. The van der Waals surface area contributed by atoms with Gasteiger partial charge in [0.2, 0.25) is 0 Å². The van der Waals surface area contributed by atoms with Gasteiger partial charge in [-0.1, -0.05) is 43.2 Å². The number of hydrogen-bond acceptors (Lipinski definition) is 2. The minimum atomic E-state index is -0.557. The Morgan fingerprint density at radius 3 is 2.52 bits per heavy atom. The monoisotopic (exact) mass is 291 g/mol. The molecule has 0 radical (unpaired) electrons. The maximum Gasteiger partial charge on any atom is 0.193 e. The molecule has 2 N–H and O–H groups in total. The molecule has 0 heterocycles. The van der Waals surface area contributed by atoms with Crippen molar-refractivity contribution in [2.24, 2.45) is 4.99 Å². The van der Waals surface area contributed by atoms with Gasteiger partial charge in [0.1, 0.15) is 0 Å². The third-order valence-corrected chi connectivity index (χ3v) is 3.42. The third-order valence-electron chi connectivity index (χ3n) is 3.42. The van der Waals surface area contributed by atoms with Gasteiger partial charge in [0, 0.05) is 20.1 Å². The molecule has 0 aliphatic rings. The molecule has 1 aromatic rings. The number of nitrogens with one attached hydrogen (secondary N) is 1. The molecule has 21 heavy (non-hydrogen) atoms. The van der Waals surface area contributed by atoms with Crippen molar-refractivity contribution in [3.05, 3.63) is 35.4 Å². The summed E-state index contributed by atoms with van der Waals surface area (Å²) in [7, 11) is 2.04. The predicted molar refractivity (Wildman–Crippen MR) is 89.7 cm³/mol. The number of aliphatic hydroxyl groups excluding tert-OH is 1. The number of nitrogens with zero attached hydrogens (tertiary/aromatic N) is 2. The lowest BCUT2D eigenvalue weighted by atomic mass is 10.1. The smallest absolute Gasteiger partial charge is 0.193 e. The van der Waals surface area contributed by atoms with Crippen LogP contribution in [0.25, 0.3) is 0 Å². The van der Waals surface area contributed by atoms with Crippen LogP contribution in [-0.2, 0) is 0 Å². The second-order valence-corrected chi connectivity index (χ2v) is 5.40. The van der Waals surface area contributed by atoms with Gasteiger partial charge < -0.3 is 15.3 Å². The minimum Gasteiger partial charge on any atom is -0.386 e. The Morgan fingerprint density at radius 1 is 1.29 bits per heavy atom. The average Bonchev–Trinajstić information content (AvgIpc) is 2.49. The summed E-state index contributed by atoms with van der Waals surface area (Å²) in [6.07, 6.45) is 1.75. The van der Waals surface area contributed by atoms with Crippen molar-refractivity contribution in [1.82, 2.24) is 10.2 Å². The Kier molecular flexibility index (Phi) is 7.83. The summed E-state index contributed by atoms with van der Waals surface area (Å²) in [5, 5.41) is 13.5. The number of benzene rings is 1. The summed E-state index contributed by atoms with van der Waals surface area (Å²) in [5.74, 6) is 0.858. The normalized spacial score (nSPS) is 13.1. The standard InChI is InChI=1S/C17H29N3O/c1-5-7-12-20(4)17(18-6-2)19-13-16(21)15-10-8-14(3)9-11-15/h8-11,16,21H,5-7,12-13H2,1-4H3,(H,18,19). The van der Waals surface area contributed by atoms with Gasteiger partial charge in [-0.2, -0.15) is 0 Å². The van der Waals surface area contributed by atoms with E-state index in [1.165, 1.54) is 5.56 Å². The molecule has 1 atom stereocenters. The lowest BCUT2D eigenvalue weighted by Crippen LogP contribution is -2.39. The number of guanidine groups is 1. The topological polar surface area (TPSA) is 47.9 Å². The van der Waals surface area contributed by atoms with E-state index in [0.717, 1.165) is 37.5 Å². The van der Waals surface area contributed by atoms with Gasteiger partial charge in [-0.25, -0.2) is 0 Å². The van der Waals surface area contributed by atoms with Gasteiger partial charge in [-0.05, 0) is 25.8 Å². The number of hydrogen-bond donors (Lipinski definition) is 2. The lowest BCUT2D eigenvalue weighted by molar-refractivity contribution is 0.186. The first kappa shape index (κ1) is 17.5. The molecule has 1 rings (SSSR count). The third kappa shape index (κ3) is 6.17. The van der Waals surface area contributed by atoms with Crippen molar-refractivity contribution in [2.45, 2.75) is 39.7 Å². The molecular formula is C17H29N3O. The Bertz CT molecular complexity index is 428. The predicted octanol–water partition coefficient (Wildman–Crippen LogP) is 2.73. The highest BCUT2D eigenvalue weighted by Gasteiger charge is 2.09. The van der Waals surface area contributed by atoms with Crippen LogP contribution >= 0.6 is 0 Å². The van der Waals surface area contributed by atoms with E-state index in [2.05, 4.69) is 29.1 Å². The largest absolute Gasteiger partial charge is 0.386 e. The molecule has 4 nitrogen and oxygen atoms in total. The van der Waals surface area contributed by atoms with Crippen LogP contribution < -0.4 is 5.32 Å². The fourth-order valence-corrected chi connectivity index (χ4v) is 2.04. The molecule has 0 spiro atoms. The van der Waals surface area contributed by atoms with Crippen molar-refractivity contribution in [3.8, 4) is 0 Å². The van der Waals surface area contributed by atoms with Crippen molar-refractivity contribution in [2.75, 3.05) is 26.7 Å². The van der Waals surface area contributed by atoms with E-state index in [-0.39, 0.29) is 0 Å². The molecule has 0 aliphatic carbocycles. The molecule has 0 saturated heterocycles. The van der Waals surface area contributed by atoms with Crippen molar-refractivity contribution >= 4 is 5.96 Å². The molecule has 118 valence electrons. The fourth-order valence-electron chi connectivity index (χ4n) is 2.04. The number of unbranched alkanes of at least 4 members (excludes halogenated alkanes) is 1. The quantitative estimate of drug-likeness (QED) is 0.600. The van der Waals surface area contributed by atoms with Crippen molar-refractivity contribution < 1.29 is 5.11 Å². The molecule has 0 aliphatic heterocycles. The van der Waals surface area contributed by atoms with Crippen LogP contribution in [-0.4, -0.2) is 42.6 Å². The van der Waals surface area contributed by atoms with Crippen LogP contribution in [0, 0.1) is 6.92 Å². The van der Waals surface area contributed by atoms with E-state index < -0.39 is 6.10 Å². The fraction of sp³-hybridized carbons (Fsp3) is 0.588. The minimum absolute atomic E-state index is 0.377. The highest BCUT2D eigenvalue weighted by atomic mass is 16.3. The van der Waals surface area contributed by atoms with Gasteiger partial charge in [-0.15, -0.1) is 0 Å². The van der Waals surface area contributed by atoms with E-state index in [9.17, 15) is 5.11 Å². The van der Waals surface area contributed by atoms with E-state index in [1.807, 2.05) is 38.2 Å². The second kappa shape index (κ2) is 9.40. The highest BCUT2D eigenvalue weighted by Crippen LogP contribution is 2.14. The zero-order chi connectivity index (χ0) is 15.7. The number of rotatable bonds is 7.